The molecule has 1 aromatic rings. The predicted molar refractivity (Wildman–Crippen MR) is 94.4 cm³/mol. The second-order valence-electron chi connectivity index (χ2n) is 7.26. The lowest BCUT2D eigenvalue weighted by atomic mass is 9.66. The maximum absolute atomic E-state index is 12.6. The van der Waals surface area contributed by atoms with Gasteiger partial charge in [0.05, 0.1) is 6.54 Å². The molecule has 0 aromatic heterocycles. The summed E-state index contributed by atoms with van der Waals surface area (Å²) < 4.78 is 0. The van der Waals surface area contributed by atoms with Gasteiger partial charge in [-0.15, -0.1) is 0 Å². The fourth-order valence-corrected chi connectivity index (χ4v) is 3.67. The van der Waals surface area contributed by atoms with Crippen molar-refractivity contribution in [1.29, 1.82) is 0 Å². The molecule has 3 atom stereocenters. The minimum Gasteiger partial charge on any atom is -0.380 e. The maximum atomic E-state index is 12.6. The zero-order valence-corrected chi connectivity index (χ0v) is 14.7. The number of carbonyl (C=O) groups is 2. The van der Waals surface area contributed by atoms with E-state index in [1.807, 2.05) is 32.0 Å². The van der Waals surface area contributed by atoms with Crippen LogP contribution in [-0.4, -0.2) is 29.1 Å². The van der Waals surface area contributed by atoms with E-state index in [4.69, 9.17) is 0 Å². The summed E-state index contributed by atoms with van der Waals surface area (Å²) in [6.45, 7) is 5.97. The smallest absolute Gasteiger partial charge is 0.252 e. The van der Waals surface area contributed by atoms with Crippen molar-refractivity contribution in [2.45, 2.75) is 45.6 Å². The molecule has 0 heterocycles. The van der Waals surface area contributed by atoms with Crippen LogP contribution < -0.4 is 10.6 Å². The zero-order chi connectivity index (χ0) is 17.7. The largest absolute Gasteiger partial charge is 0.380 e. The van der Waals surface area contributed by atoms with Crippen LogP contribution in [0.15, 0.2) is 30.3 Å². The van der Waals surface area contributed by atoms with E-state index in [0.717, 1.165) is 12.8 Å². The fourth-order valence-electron chi connectivity index (χ4n) is 3.67. The van der Waals surface area contributed by atoms with Gasteiger partial charge in [-0.05, 0) is 42.7 Å². The summed E-state index contributed by atoms with van der Waals surface area (Å²) in [6.07, 6.45) is 2.30. The molecule has 0 spiro atoms. The number of carbonyl (C=O) groups excluding carboxylic acids is 2. The molecular formula is C19H28N2O3. The van der Waals surface area contributed by atoms with Crippen LogP contribution in [0.4, 0.5) is 5.69 Å². The Labute approximate surface area is 143 Å². The van der Waals surface area contributed by atoms with E-state index in [1.165, 1.54) is 0 Å². The number of benzene rings is 1. The van der Waals surface area contributed by atoms with Crippen molar-refractivity contribution in [2.75, 3.05) is 11.9 Å². The summed E-state index contributed by atoms with van der Waals surface area (Å²) in [5.74, 6) is -0.301. The molecule has 1 aliphatic carbocycles. The van der Waals surface area contributed by atoms with Gasteiger partial charge < -0.3 is 15.7 Å². The van der Waals surface area contributed by atoms with E-state index < -0.39 is 11.5 Å². The van der Waals surface area contributed by atoms with Crippen LogP contribution in [0.25, 0.3) is 0 Å². The van der Waals surface area contributed by atoms with Gasteiger partial charge >= 0.3 is 0 Å². The molecule has 2 amide bonds. The van der Waals surface area contributed by atoms with Gasteiger partial charge in [0.2, 0.25) is 5.91 Å². The molecule has 3 N–H and O–H groups in total. The number of amides is 2. The summed E-state index contributed by atoms with van der Waals surface area (Å²) >= 11 is 0. The third-order valence-corrected chi connectivity index (χ3v) is 4.91. The van der Waals surface area contributed by atoms with Gasteiger partial charge in [0.15, 0.2) is 0 Å². The molecule has 24 heavy (non-hydrogen) atoms. The molecule has 5 nitrogen and oxygen atoms in total. The summed E-state index contributed by atoms with van der Waals surface area (Å²) in [7, 11) is 0. The first-order chi connectivity index (χ1) is 11.3. The SMILES string of the molecule is CC1CCC(C(C)C)[C@@](O)(C(=O)NCC(=O)Nc2ccccc2)C1. The van der Waals surface area contributed by atoms with Crippen molar-refractivity contribution in [3.8, 4) is 0 Å². The highest BCUT2D eigenvalue weighted by Gasteiger charge is 2.48. The third kappa shape index (κ3) is 4.35. The van der Waals surface area contributed by atoms with Gasteiger partial charge in [0.25, 0.3) is 5.91 Å². The van der Waals surface area contributed by atoms with Gasteiger partial charge in [-0.25, -0.2) is 0 Å². The minimum absolute atomic E-state index is 0.0779. The highest BCUT2D eigenvalue weighted by molar-refractivity contribution is 5.96. The lowest BCUT2D eigenvalue weighted by Gasteiger charge is -2.43. The zero-order valence-electron chi connectivity index (χ0n) is 14.7. The second kappa shape index (κ2) is 7.79. The van der Waals surface area contributed by atoms with Gasteiger partial charge in [0, 0.05) is 5.69 Å². The van der Waals surface area contributed by atoms with E-state index in [9.17, 15) is 14.7 Å². The summed E-state index contributed by atoms with van der Waals surface area (Å²) in [5, 5.41) is 16.3. The van der Waals surface area contributed by atoms with E-state index >= 15 is 0 Å². The van der Waals surface area contributed by atoms with Gasteiger partial charge in [-0.1, -0.05) is 45.4 Å². The molecule has 1 aromatic carbocycles. The van der Waals surface area contributed by atoms with E-state index in [2.05, 4.69) is 17.6 Å². The van der Waals surface area contributed by atoms with Crippen molar-refractivity contribution < 1.29 is 14.7 Å². The highest BCUT2D eigenvalue weighted by Crippen LogP contribution is 2.41. The first-order valence-electron chi connectivity index (χ1n) is 8.68. The Kier molecular flexibility index (Phi) is 5.99. The van der Waals surface area contributed by atoms with Crippen LogP contribution in [0.3, 0.4) is 0 Å². The number of anilines is 1. The Morgan fingerprint density at radius 2 is 1.92 bits per heavy atom. The van der Waals surface area contributed by atoms with Gasteiger partial charge in [-0.2, -0.15) is 0 Å². The fraction of sp³-hybridized carbons (Fsp3) is 0.579. The quantitative estimate of drug-likeness (QED) is 0.775. The molecule has 5 heteroatoms. The molecule has 2 rings (SSSR count). The number of aliphatic hydroxyl groups is 1. The summed E-state index contributed by atoms with van der Waals surface area (Å²) in [6, 6.07) is 9.08. The standard InChI is InChI=1S/C19H28N2O3/c1-13(2)16-10-9-14(3)11-19(16,24)18(23)20-12-17(22)21-15-7-5-4-6-8-15/h4-8,13-14,16,24H,9-12H2,1-3H3,(H,20,23)(H,21,22)/t14?,16?,19-/m1/s1. The van der Waals surface area contributed by atoms with E-state index in [-0.39, 0.29) is 24.3 Å². The molecule has 2 unspecified atom stereocenters. The Balaban J connectivity index is 1.95. The topological polar surface area (TPSA) is 78.4 Å². The number of para-hydroxylation sites is 1. The van der Waals surface area contributed by atoms with Crippen molar-refractivity contribution in [2.24, 2.45) is 17.8 Å². The summed E-state index contributed by atoms with van der Waals surface area (Å²) in [4.78, 5) is 24.6. The van der Waals surface area contributed by atoms with Crippen LogP contribution >= 0.6 is 0 Å². The third-order valence-electron chi connectivity index (χ3n) is 4.91. The van der Waals surface area contributed by atoms with Crippen molar-refractivity contribution in [1.82, 2.24) is 5.32 Å². The normalized spacial score (nSPS) is 26.9. The lowest BCUT2D eigenvalue weighted by Crippen LogP contribution is -2.57. The number of hydrogen-bond acceptors (Lipinski definition) is 3. The predicted octanol–water partition coefficient (Wildman–Crippen LogP) is 2.56. The van der Waals surface area contributed by atoms with Crippen LogP contribution in [0.1, 0.15) is 40.0 Å². The van der Waals surface area contributed by atoms with Crippen molar-refractivity contribution >= 4 is 17.5 Å². The Morgan fingerprint density at radius 3 is 2.54 bits per heavy atom. The average molecular weight is 332 g/mol. The molecule has 0 aliphatic heterocycles. The van der Waals surface area contributed by atoms with Crippen LogP contribution in [0.2, 0.25) is 0 Å². The first kappa shape index (κ1) is 18.5. The minimum atomic E-state index is -1.39. The molecular weight excluding hydrogens is 304 g/mol. The van der Waals surface area contributed by atoms with Crippen molar-refractivity contribution in [3.63, 3.8) is 0 Å². The van der Waals surface area contributed by atoms with Crippen molar-refractivity contribution in [3.05, 3.63) is 30.3 Å². The number of rotatable bonds is 5. The Bertz CT molecular complexity index is 573. The number of nitrogens with one attached hydrogen (secondary N) is 2. The van der Waals surface area contributed by atoms with Crippen LogP contribution in [0.5, 0.6) is 0 Å². The Hall–Kier alpha value is -1.88. The van der Waals surface area contributed by atoms with E-state index in [1.54, 1.807) is 12.1 Å². The lowest BCUT2D eigenvalue weighted by molar-refractivity contribution is -0.156. The van der Waals surface area contributed by atoms with Gasteiger partial charge in [0.1, 0.15) is 5.60 Å². The van der Waals surface area contributed by atoms with Crippen LogP contribution in [0, 0.1) is 17.8 Å². The Morgan fingerprint density at radius 1 is 1.25 bits per heavy atom. The molecule has 132 valence electrons. The van der Waals surface area contributed by atoms with Crippen LogP contribution in [-0.2, 0) is 9.59 Å². The second-order valence-corrected chi connectivity index (χ2v) is 7.26. The molecule has 1 aliphatic rings. The number of hydrogen-bond donors (Lipinski definition) is 3. The highest BCUT2D eigenvalue weighted by atomic mass is 16.3. The monoisotopic (exact) mass is 332 g/mol. The molecule has 1 saturated carbocycles. The van der Waals surface area contributed by atoms with Gasteiger partial charge in [-0.3, -0.25) is 9.59 Å². The first-order valence-corrected chi connectivity index (χ1v) is 8.68. The van der Waals surface area contributed by atoms with E-state index in [0.29, 0.717) is 18.0 Å². The molecule has 0 bridgehead atoms. The maximum Gasteiger partial charge on any atom is 0.252 e. The molecule has 0 radical (unpaired) electrons. The summed E-state index contributed by atoms with van der Waals surface area (Å²) in [5.41, 5.74) is -0.708. The molecule has 1 fully saturated rings. The molecule has 0 saturated heterocycles. The average Bonchev–Trinajstić information content (AvgIpc) is 2.53.